The molecule has 19 heavy (non-hydrogen) atoms. The number of rotatable bonds is 1. The molecule has 0 amide bonds. The Hall–Kier alpha value is -0.860. The number of hydrogen-bond donors (Lipinski definition) is 1. The van der Waals surface area contributed by atoms with Gasteiger partial charge in [-0.05, 0) is 12.8 Å². The van der Waals surface area contributed by atoms with Crippen molar-refractivity contribution in [2.75, 3.05) is 0 Å². The SMILES string of the molecule is O=C(O)C1CCCCCCCCCCCCCC1=O. The minimum absolute atomic E-state index is 0.0534. The molecule has 1 atom stereocenters. The van der Waals surface area contributed by atoms with E-state index >= 15 is 0 Å². The zero-order valence-electron chi connectivity index (χ0n) is 12.0. The molecule has 1 N–H and O–H groups in total. The molecule has 1 unspecified atom stereocenters. The molecule has 0 saturated heterocycles. The van der Waals surface area contributed by atoms with Gasteiger partial charge in [0, 0.05) is 6.42 Å². The van der Waals surface area contributed by atoms with E-state index in [1.165, 1.54) is 44.9 Å². The van der Waals surface area contributed by atoms with Crippen LogP contribution in [0.5, 0.6) is 0 Å². The number of carbonyl (C=O) groups is 2. The number of ketones is 1. The first kappa shape index (κ1) is 16.2. The predicted molar refractivity (Wildman–Crippen MR) is 76.2 cm³/mol. The van der Waals surface area contributed by atoms with Crippen LogP contribution >= 0.6 is 0 Å². The maximum Gasteiger partial charge on any atom is 0.314 e. The van der Waals surface area contributed by atoms with E-state index in [1.54, 1.807) is 0 Å². The molecule has 1 aliphatic carbocycles. The third-order valence-electron chi connectivity index (χ3n) is 4.10. The van der Waals surface area contributed by atoms with Gasteiger partial charge >= 0.3 is 5.97 Å². The summed E-state index contributed by atoms with van der Waals surface area (Å²) < 4.78 is 0. The van der Waals surface area contributed by atoms with Crippen molar-refractivity contribution in [2.24, 2.45) is 5.92 Å². The lowest BCUT2D eigenvalue weighted by Gasteiger charge is -2.11. The number of Topliss-reactive ketones (excluding diaryl/α,β-unsaturated/α-hetero) is 1. The number of aliphatic carboxylic acids is 1. The van der Waals surface area contributed by atoms with Gasteiger partial charge in [-0.2, -0.15) is 0 Å². The van der Waals surface area contributed by atoms with Crippen LogP contribution in [0.15, 0.2) is 0 Å². The molecule has 0 aromatic rings. The van der Waals surface area contributed by atoms with Gasteiger partial charge in [-0.1, -0.05) is 64.2 Å². The molecule has 0 bridgehead atoms. The molecule has 0 aromatic heterocycles. The minimum atomic E-state index is -0.922. The van der Waals surface area contributed by atoms with Crippen LogP contribution in [0.1, 0.15) is 83.5 Å². The van der Waals surface area contributed by atoms with Gasteiger partial charge in [-0.25, -0.2) is 0 Å². The van der Waals surface area contributed by atoms with E-state index in [2.05, 4.69) is 0 Å². The molecule has 110 valence electrons. The summed E-state index contributed by atoms with van der Waals surface area (Å²) in [6.45, 7) is 0. The highest BCUT2D eigenvalue weighted by atomic mass is 16.4. The van der Waals surface area contributed by atoms with Crippen LogP contribution in [-0.2, 0) is 9.59 Å². The van der Waals surface area contributed by atoms with Crippen molar-refractivity contribution < 1.29 is 14.7 Å². The lowest BCUT2D eigenvalue weighted by Crippen LogP contribution is -2.23. The van der Waals surface area contributed by atoms with Crippen LogP contribution in [0.2, 0.25) is 0 Å². The minimum Gasteiger partial charge on any atom is -0.481 e. The Kier molecular flexibility index (Phi) is 8.52. The normalized spacial score (nSPS) is 25.3. The van der Waals surface area contributed by atoms with E-state index in [-0.39, 0.29) is 5.78 Å². The Morgan fingerprint density at radius 2 is 1.21 bits per heavy atom. The second kappa shape index (κ2) is 9.99. The fourth-order valence-corrected chi connectivity index (χ4v) is 2.84. The van der Waals surface area contributed by atoms with Crippen LogP contribution in [0.3, 0.4) is 0 Å². The molecule has 1 saturated carbocycles. The van der Waals surface area contributed by atoms with Gasteiger partial charge in [0.05, 0.1) is 0 Å². The van der Waals surface area contributed by atoms with Gasteiger partial charge in [0.2, 0.25) is 0 Å². The van der Waals surface area contributed by atoms with Gasteiger partial charge < -0.3 is 5.11 Å². The quantitative estimate of drug-likeness (QED) is 0.720. The third-order valence-corrected chi connectivity index (χ3v) is 4.10. The van der Waals surface area contributed by atoms with Crippen molar-refractivity contribution in [1.29, 1.82) is 0 Å². The smallest absolute Gasteiger partial charge is 0.314 e. The summed E-state index contributed by atoms with van der Waals surface area (Å²) in [6, 6.07) is 0. The summed E-state index contributed by atoms with van der Waals surface area (Å²) in [7, 11) is 0. The van der Waals surface area contributed by atoms with E-state index in [9.17, 15) is 9.59 Å². The van der Waals surface area contributed by atoms with Gasteiger partial charge in [-0.3, -0.25) is 9.59 Å². The average Bonchev–Trinajstić information content (AvgIpc) is 2.38. The molecule has 0 spiro atoms. The van der Waals surface area contributed by atoms with Crippen LogP contribution < -0.4 is 0 Å². The van der Waals surface area contributed by atoms with Crippen LogP contribution in [0.4, 0.5) is 0 Å². The number of carboxylic acid groups (broad SMARTS) is 1. The molecule has 0 heterocycles. The van der Waals surface area contributed by atoms with E-state index in [0.29, 0.717) is 12.8 Å². The summed E-state index contributed by atoms with van der Waals surface area (Å²) >= 11 is 0. The van der Waals surface area contributed by atoms with Gasteiger partial charge in [-0.15, -0.1) is 0 Å². The highest BCUT2D eigenvalue weighted by molar-refractivity contribution is 5.98. The van der Waals surface area contributed by atoms with E-state index in [1.807, 2.05) is 0 Å². The zero-order chi connectivity index (χ0) is 13.9. The summed E-state index contributed by atoms with van der Waals surface area (Å²) in [5, 5.41) is 9.14. The topological polar surface area (TPSA) is 54.4 Å². The highest BCUT2D eigenvalue weighted by Crippen LogP contribution is 2.18. The van der Waals surface area contributed by atoms with Gasteiger partial charge in [0.1, 0.15) is 11.7 Å². The van der Waals surface area contributed by atoms with Crippen molar-refractivity contribution in [3.05, 3.63) is 0 Å². The zero-order valence-corrected chi connectivity index (χ0v) is 12.0. The van der Waals surface area contributed by atoms with Crippen LogP contribution in [0, 0.1) is 5.92 Å². The highest BCUT2D eigenvalue weighted by Gasteiger charge is 2.24. The molecule has 1 fully saturated rings. The van der Waals surface area contributed by atoms with E-state index in [0.717, 1.165) is 25.7 Å². The number of carbonyl (C=O) groups excluding carboxylic acids is 1. The average molecular weight is 268 g/mol. The fraction of sp³-hybridized carbons (Fsp3) is 0.875. The Balaban J connectivity index is 2.41. The molecule has 1 rings (SSSR count). The lowest BCUT2D eigenvalue weighted by atomic mass is 9.93. The number of carboxylic acids is 1. The summed E-state index contributed by atoms with van der Waals surface area (Å²) in [6.07, 6.45) is 13.7. The van der Waals surface area contributed by atoms with E-state index < -0.39 is 11.9 Å². The summed E-state index contributed by atoms with van der Waals surface area (Å²) in [4.78, 5) is 23.1. The maximum absolute atomic E-state index is 11.9. The lowest BCUT2D eigenvalue weighted by molar-refractivity contribution is -0.146. The van der Waals surface area contributed by atoms with Gasteiger partial charge in [0.15, 0.2) is 0 Å². The Morgan fingerprint density at radius 1 is 0.789 bits per heavy atom. The summed E-state index contributed by atoms with van der Waals surface area (Å²) in [5.74, 6) is -1.72. The first-order valence-corrected chi connectivity index (χ1v) is 7.97. The molecule has 3 heteroatoms. The molecule has 0 radical (unpaired) electrons. The largest absolute Gasteiger partial charge is 0.481 e. The first-order chi connectivity index (χ1) is 9.22. The third kappa shape index (κ3) is 7.34. The molecule has 0 aliphatic heterocycles. The van der Waals surface area contributed by atoms with Crippen molar-refractivity contribution in [3.63, 3.8) is 0 Å². The number of hydrogen-bond acceptors (Lipinski definition) is 2. The second-order valence-electron chi connectivity index (χ2n) is 5.78. The standard InChI is InChI=1S/C16H28O3/c17-15-13-11-9-7-5-3-1-2-4-6-8-10-12-14(15)16(18)19/h14H,1-13H2,(H,18,19). The molecule has 3 nitrogen and oxygen atoms in total. The second-order valence-corrected chi connectivity index (χ2v) is 5.78. The van der Waals surface area contributed by atoms with E-state index in [4.69, 9.17) is 5.11 Å². The molecule has 1 aliphatic rings. The first-order valence-electron chi connectivity index (χ1n) is 7.97. The van der Waals surface area contributed by atoms with Crippen molar-refractivity contribution in [3.8, 4) is 0 Å². The van der Waals surface area contributed by atoms with Gasteiger partial charge in [0.25, 0.3) is 0 Å². The summed E-state index contributed by atoms with van der Waals surface area (Å²) in [5.41, 5.74) is 0. The Bertz CT molecular complexity index is 273. The maximum atomic E-state index is 11.9. The fourth-order valence-electron chi connectivity index (χ4n) is 2.84. The monoisotopic (exact) mass is 268 g/mol. The van der Waals surface area contributed by atoms with Crippen molar-refractivity contribution >= 4 is 11.8 Å². The molecular formula is C16H28O3. The Labute approximate surface area is 116 Å². The predicted octanol–water partition coefficient (Wildman–Crippen LogP) is 4.34. The Morgan fingerprint density at radius 3 is 1.68 bits per heavy atom. The molecule has 0 aromatic carbocycles. The van der Waals surface area contributed by atoms with Crippen LogP contribution in [-0.4, -0.2) is 16.9 Å². The van der Waals surface area contributed by atoms with Crippen molar-refractivity contribution in [1.82, 2.24) is 0 Å². The van der Waals surface area contributed by atoms with Crippen molar-refractivity contribution in [2.45, 2.75) is 83.5 Å². The van der Waals surface area contributed by atoms with Crippen LogP contribution in [0.25, 0.3) is 0 Å². The molecular weight excluding hydrogens is 240 g/mol.